The quantitative estimate of drug-likeness (QED) is 0.164. The van der Waals surface area contributed by atoms with Gasteiger partial charge in [-0.1, -0.05) is 72.8 Å². The molecule has 0 unspecified atom stereocenters. The zero-order valence-electron chi connectivity index (χ0n) is 31.0. The summed E-state index contributed by atoms with van der Waals surface area (Å²) in [5.41, 5.74) is 10.4. The van der Waals surface area contributed by atoms with Crippen LogP contribution in [0.5, 0.6) is 0 Å². The number of rotatable bonds is 6. The van der Waals surface area contributed by atoms with Crippen LogP contribution in [0.1, 0.15) is 0 Å². The Hall–Kier alpha value is -8.30. The fourth-order valence-corrected chi connectivity index (χ4v) is 8.41. The molecule has 0 atom stereocenters. The van der Waals surface area contributed by atoms with Crippen LogP contribution in [0.15, 0.2) is 192 Å². The van der Waals surface area contributed by atoms with E-state index in [-0.39, 0.29) is 0 Å². The molecule has 0 N–H and O–H groups in total. The van der Waals surface area contributed by atoms with Gasteiger partial charge < -0.3 is 22.1 Å². The van der Waals surface area contributed by atoms with Crippen LogP contribution in [0.2, 0.25) is 0 Å². The van der Waals surface area contributed by atoms with Crippen molar-refractivity contribution in [3.8, 4) is 0 Å². The van der Waals surface area contributed by atoms with Crippen LogP contribution in [0.25, 0.3) is 88.0 Å². The third kappa shape index (κ3) is 4.91. The summed E-state index contributed by atoms with van der Waals surface area (Å²) in [5.74, 6) is 1.25. The van der Waals surface area contributed by atoms with Gasteiger partial charge in [-0.25, -0.2) is 9.97 Å². The summed E-state index contributed by atoms with van der Waals surface area (Å²) < 4.78 is 32.2. The van der Waals surface area contributed by atoms with E-state index in [0.717, 1.165) is 88.6 Å². The molecule has 0 aliphatic heterocycles. The molecule has 0 fully saturated rings. The summed E-state index contributed by atoms with van der Waals surface area (Å²) in [5, 5.41) is 6.18. The van der Waals surface area contributed by atoms with E-state index in [1.807, 2.05) is 144 Å². The van der Waals surface area contributed by atoms with Crippen LogP contribution in [-0.4, -0.2) is 9.97 Å². The summed E-state index contributed by atoms with van der Waals surface area (Å²) in [6.07, 6.45) is 3.65. The van der Waals surface area contributed by atoms with Crippen molar-refractivity contribution in [3.63, 3.8) is 0 Å². The first kappa shape index (κ1) is 31.9. The molecule has 13 aromatic rings. The molecular weight excluding hydrogens is 737 g/mol. The van der Waals surface area contributed by atoms with E-state index in [0.29, 0.717) is 34.0 Å². The highest BCUT2D eigenvalue weighted by Gasteiger charge is 2.24. The van der Waals surface area contributed by atoms with E-state index in [9.17, 15) is 0 Å². The van der Waals surface area contributed by atoms with Crippen molar-refractivity contribution in [1.82, 2.24) is 9.97 Å². The molecule has 7 aromatic heterocycles. The number of pyridine rings is 2. The van der Waals surface area contributed by atoms with Crippen molar-refractivity contribution in [1.29, 1.82) is 0 Å². The Balaban J connectivity index is 0.959. The van der Waals surface area contributed by atoms with Crippen molar-refractivity contribution in [2.24, 2.45) is 0 Å². The second-order valence-electron chi connectivity index (χ2n) is 14.7. The average Bonchev–Trinajstić information content (AvgIpc) is 4.10. The van der Waals surface area contributed by atoms with Crippen LogP contribution in [0, 0.1) is 0 Å². The number of nitrogens with zero attached hydrogens (tertiary/aromatic N) is 4. The average molecular weight is 765 g/mol. The van der Waals surface area contributed by atoms with Gasteiger partial charge in [-0.3, -0.25) is 9.80 Å². The van der Waals surface area contributed by atoms with Crippen molar-refractivity contribution < 1.29 is 22.1 Å². The van der Waals surface area contributed by atoms with Gasteiger partial charge in [-0.05, 0) is 48.5 Å². The number of hydrogen-bond acceptors (Lipinski definition) is 9. The Bertz CT molecular complexity index is 3480. The highest BCUT2D eigenvalue weighted by Crippen LogP contribution is 2.44. The molecule has 0 bridgehead atoms. The van der Waals surface area contributed by atoms with E-state index in [1.54, 1.807) is 0 Å². The predicted molar refractivity (Wildman–Crippen MR) is 233 cm³/mol. The fraction of sp³-hybridized carbons (Fsp3) is 0. The highest BCUT2D eigenvalue weighted by molar-refractivity contribution is 6.08. The fourth-order valence-electron chi connectivity index (χ4n) is 8.41. The summed E-state index contributed by atoms with van der Waals surface area (Å²) in [6.45, 7) is 0. The molecule has 0 spiro atoms. The molecule has 0 aliphatic rings. The smallest absolute Gasteiger partial charge is 0.205 e. The molecule has 59 heavy (non-hydrogen) atoms. The molecule has 13 rings (SSSR count). The first-order valence-corrected chi connectivity index (χ1v) is 19.3. The van der Waals surface area contributed by atoms with E-state index in [4.69, 9.17) is 32.1 Å². The van der Waals surface area contributed by atoms with Crippen molar-refractivity contribution in [2.45, 2.75) is 0 Å². The van der Waals surface area contributed by atoms with Crippen molar-refractivity contribution >= 4 is 123 Å². The van der Waals surface area contributed by atoms with Gasteiger partial charge in [0.25, 0.3) is 0 Å². The Morgan fingerprint density at radius 1 is 0.305 bits per heavy atom. The summed E-state index contributed by atoms with van der Waals surface area (Å²) >= 11 is 0. The molecule has 0 saturated heterocycles. The maximum Gasteiger partial charge on any atom is 0.205 e. The van der Waals surface area contributed by atoms with Gasteiger partial charge in [0.05, 0.1) is 35.1 Å². The van der Waals surface area contributed by atoms with Gasteiger partial charge >= 0.3 is 0 Å². The van der Waals surface area contributed by atoms with Gasteiger partial charge in [0.2, 0.25) is 11.8 Å². The normalized spacial score (nSPS) is 12.1. The van der Waals surface area contributed by atoms with Gasteiger partial charge in [-0.15, -0.1) is 0 Å². The molecule has 0 amide bonds. The van der Waals surface area contributed by atoms with Crippen molar-refractivity contribution in [2.75, 3.05) is 9.80 Å². The van der Waals surface area contributed by atoms with Gasteiger partial charge in [-0.2, -0.15) is 0 Å². The maximum absolute atomic E-state index is 6.64. The summed E-state index contributed by atoms with van der Waals surface area (Å²) in [7, 11) is 0. The molecule has 0 saturated carbocycles. The molecule has 0 radical (unpaired) electrons. The number of benzene rings is 6. The standard InChI is InChI=1S/C50H28N4O5/c1-5-13-39-29(9-1)21-47(58-39)53(31-17-19-37-35-11-3-7-15-41(35)55-43(37)23-31)33-25-45-49(51-27-33)50-46(57-45)26-34(28-52-50)54(48-22-30-10-2-6-14-40(30)59-48)32-18-20-38-36-12-4-8-16-42(36)56-44(38)24-32/h1-28H. The van der Waals surface area contributed by atoms with Gasteiger partial charge in [0.1, 0.15) is 44.5 Å². The predicted octanol–water partition coefficient (Wildman–Crippen LogP) is 14.6. The minimum absolute atomic E-state index is 0.576. The van der Waals surface area contributed by atoms with Crippen LogP contribution >= 0.6 is 0 Å². The monoisotopic (exact) mass is 764 g/mol. The van der Waals surface area contributed by atoms with Crippen LogP contribution in [0.3, 0.4) is 0 Å². The number of fused-ring (bicyclic) bond motifs is 11. The number of hydrogen-bond donors (Lipinski definition) is 0. The number of aromatic nitrogens is 2. The molecule has 9 heteroatoms. The van der Waals surface area contributed by atoms with E-state index < -0.39 is 0 Å². The minimum atomic E-state index is 0.576. The number of furan rings is 5. The van der Waals surface area contributed by atoms with Crippen LogP contribution < -0.4 is 9.80 Å². The molecule has 6 aromatic carbocycles. The Kier molecular flexibility index (Phi) is 6.53. The third-order valence-electron chi connectivity index (χ3n) is 11.1. The number of para-hydroxylation sites is 4. The Morgan fingerprint density at radius 2 is 0.695 bits per heavy atom. The zero-order chi connectivity index (χ0) is 38.6. The van der Waals surface area contributed by atoms with Crippen molar-refractivity contribution in [3.05, 3.63) is 170 Å². The molecule has 7 heterocycles. The Labute approximate surface area is 333 Å². The second kappa shape index (κ2) is 12.1. The maximum atomic E-state index is 6.64. The topological polar surface area (TPSA) is 98.0 Å². The van der Waals surface area contributed by atoms with E-state index in [1.165, 1.54) is 0 Å². The SMILES string of the molecule is c1ccc2oc(N(c3ccc4c(c3)oc3ccccc34)c3cnc4c(c3)oc3cc(N(c5ccc6c(c5)oc5ccccc56)c5cc6ccccc6o5)cnc34)cc2c1. The third-order valence-corrected chi connectivity index (χ3v) is 11.1. The van der Waals surface area contributed by atoms with Crippen LogP contribution in [-0.2, 0) is 0 Å². The highest BCUT2D eigenvalue weighted by atomic mass is 16.4. The minimum Gasteiger partial charge on any atom is -0.456 e. The van der Waals surface area contributed by atoms with Gasteiger partial charge in [0.15, 0.2) is 11.2 Å². The first-order chi connectivity index (χ1) is 29.2. The van der Waals surface area contributed by atoms with Crippen LogP contribution in [0.4, 0.5) is 34.5 Å². The molecule has 0 aliphatic carbocycles. The molecule has 278 valence electrons. The summed E-state index contributed by atoms with van der Waals surface area (Å²) in [4.78, 5) is 14.0. The largest absolute Gasteiger partial charge is 0.456 e. The summed E-state index contributed by atoms with van der Waals surface area (Å²) in [6, 6.07) is 52.5. The van der Waals surface area contributed by atoms with E-state index >= 15 is 0 Å². The van der Waals surface area contributed by atoms with Gasteiger partial charge in [0, 0.05) is 68.7 Å². The molecular formula is C50H28N4O5. The lowest BCUT2D eigenvalue weighted by atomic mass is 10.1. The number of anilines is 6. The lowest BCUT2D eigenvalue weighted by molar-refractivity contribution is 0.620. The zero-order valence-corrected chi connectivity index (χ0v) is 31.0. The second-order valence-corrected chi connectivity index (χ2v) is 14.7. The molecule has 9 nitrogen and oxygen atoms in total. The van der Waals surface area contributed by atoms with E-state index in [2.05, 4.69) is 36.4 Å². The Morgan fingerprint density at radius 3 is 1.17 bits per heavy atom. The lowest BCUT2D eigenvalue weighted by Gasteiger charge is -2.22. The lowest BCUT2D eigenvalue weighted by Crippen LogP contribution is -2.09. The first-order valence-electron chi connectivity index (χ1n) is 19.3.